The molecule has 1 unspecified atom stereocenters. The van der Waals surface area contributed by atoms with Gasteiger partial charge in [0.15, 0.2) is 8.11 Å². The van der Waals surface area contributed by atoms with Crippen LogP contribution in [0.25, 0.3) is 0 Å². The van der Waals surface area contributed by atoms with Crippen LogP contribution in [0.1, 0.15) is 19.4 Å². The maximum Gasteiger partial charge on any atom is 0.164 e. The fraction of sp³-hybridized carbons (Fsp3) is 0.333. The standard InChI is InChI=1S/C12H17ClSi/c1-4-14(13)10-12(2,3)11-8-6-5-7-9-11/h4-9,14H,1,10H2,2-3H3. The van der Waals surface area contributed by atoms with E-state index >= 15 is 0 Å². The molecule has 76 valence electrons. The summed E-state index contributed by atoms with van der Waals surface area (Å²) in [7, 11) is -1.24. The van der Waals surface area contributed by atoms with E-state index in [1.807, 2.05) is 11.8 Å². The summed E-state index contributed by atoms with van der Waals surface area (Å²) in [6, 6.07) is 11.6. The molecule has 0 saturated carbocycles. The molecule has 0 aliphatic carbocycles. The molecule has 0 fully saturated rings. The van der Waals surface area contributed by atoms with E-state index in [1.165, 1.54) is 5.56 Å². The molecular weight excluding hydrogens is 208 g/mol. The molecular formula is C12H17ClSi. The highest BCUT2D eigenvalue weighted by molar-refractivity contribution is 7.09. The first-order chi connectivity index (χ1) is 6.56. The third kappa shape index (κ3) is 3.00. The summed E-state index contributed by atoms with van der Waals surface area (Å²) >= 11 is 6.22. The second kappa shape index (κ2) is 4.81. The van der Waals surface area contributed by atoms with E-state index in [0.717, 1.165) is 6.04 Å². The summed E-state index contributed by atoms with van der Waals surface area (Å²) in [5, 5.41) is 0. The van der Waals surface area contributed by atoms with E-state index in [2.05, 4.69) is 44.7 Å². The zero-order chi connectivity index (χ0) is 10.6. The van der Waals surface area contributed by atoms with Gasteiger partial charge in [-0.05, 0) is 17.0 Å². The average Bonchev–Trinajstić information content (AvgIpc) is 2.18. The average molecular weight is 225 g/mol. The third-order valence-electron chi connectivity index (χ3n) is 2.52. The van der Waals surface area contributed by atoms with Gasteiger partial charge in [0.05, 0.1) is 0 Å². The van der Waals surface area contributed by atoms with Crippen molar-refractivity contribution in [1.82, 2.24) is 0 Å². The fourth-order valence-electron chi connectivity index (χ4n) is 1.58. The Morgan fingerprint density at radius 3 is 2.43 bits per heavy atom. The normalized spacial score (nSPS) is 13.6. The zero-order valence-electron chi connectivity index (χ0n) is 8.83. The second-order valence-electron chi connectivity index (χ2n) is 4.21. The molecule has 0 bridgehead atoms. The first-order valence-corrected chi connectivity index (χ1v) is 8.11. The first-order valence-electron chi connectivity index (χ1n) is 4.88. The van der Waals surface area contributed by atoms with E-state index in [0.29, 0.717) is 0 Å². The van der Waals surface area contributed by atoms with E-state index in [4.69, 9.17) is 11.1 Å². The van der Waals surface area contributed by atoms with Gasteiger partial charge in [0, 0.05) is 0 Å². The third-order valence-corrected chi connectivity index (χ3v) is 5.44. The van der Waals surface area contributed by atoms with Crippen molar-refractivity contribution in [3.8, 4) is 0 Å². The van der Waals surface area contributed by atoms with Crippen LogP contribution in [0, 0.1) is 0 Å². The summed E-state index contributed by atoms with van der Waals surface area (Å²) in [5.41, 5.74) is 3.47. The molecule has 0 aliphatic rings. The zero-order valence-corrected chi connectivity index (χ0v) is 10.7. The number of benzene rings is 1. The highest BCUT2D eigenvalue weighted by Crippen LogP contribution is 2.29. The second-order valence-corrected chi connectivity index (χ2v) is 7.80. The van der Waals surface area contributed by atoms with Crippen molar-refractivity contribution in [2.45, 2.75) is 25.3 Å². The van der Waals surface area contributed by atoms with Crippen molar-refractivity contribution in [3.63, 3.8) is 0 Å². The van der Waals surface area contributed by atoms with Crippen molar-refractivity contribution < 1.29 is 0 Å². The SMILES string of the molecule is C=C[SiH](Cl)CC(C)(C)c1ccccc1. The van der Waals surface area contributed by atoms with E-state index in [1.54, 1.807) is 0 Å². The van der Waals surface area contributed by atoms with Crippen LogP contribution in [0.5, 0.6) is 0 Å². The van der Waals surface area contributed by atoms with E-state index < -0.39 is 8.11 Å². The number of rotatable bonds is 4. The molecule has 0 spiro atoms. The van der Waals surface area contributed by atoms with Gasteiger partial charge in [0.2, 0.25) is 0 Å². The smallest absolute Gasteiger partial charge is 0.164 e. The predicted octanol–water partition coefficient (Wildman–Crippen LogP) is 3.65. The van der Waals surface area contributed by atoms with Crippen LogP contribution >= 0.6 is 11.1 Å². The van der Waals surface area contributed by atoms with E-state index in [9.17, 15) is 0 Å². The largest absolute Gasteiger partial charge is 0.166 e. The molecule has 0 radical (unpaired) electrons. The molecule has 0 saturated heterocycles. The minimum absolute atomic E-state index is 0.175. The van der Waals surface area contributed by atoms with Crippen molar-refractivity contribution in [1.29, 1.82) is 0 Å². The maximum absolute atomic E-state index is 6.22. The van der Waals surface area contributed by atoms with Crippen molar-refractivity contribution in [3.05, 3.63) is 48.2 Å². The molecule has 0 aliphatic heterocycles. The molecule has 2 heteroatoms. The Morgan fingerprint density at radius 1 is 1.36 bits per heavy atom. The monoisotopic (exact) mass is 224 g/mol. The number of hydrogen-bond donors (Lipinski definition) is 0. The van der Waals surface area contributed by atoms with Gasteiger partial charge in [0.1, 0.15) is 0 Å². The van der Waals surface area contributed by atoms with Gasteiger partial charge in [-0.1, -0.05) is 49.9 Å². The lowest BCUT2D eigenvalue weighted by Crippen LogP contribution is -2.22. The summed E-state index contributed by atoms with van der Waals surface area (Å²) in [4.78, 5) is 0. The van der Waals surface area contributed by atoms with Crippen LogP contribution in [0.4, 0.5) is 0 Å². The predicted molar refractivity (Wildman–Crippen MR) is 67.5 cm³/mol. The Labute approximate surface area is 92.9 Å². The van der Waals surface area contributed by atoms with Crippen LogP contribution in [0.3, 0.4) is 0 Å². The first kappa shape index (κ1) is 11.5. The highest BCUT2D eigenvalue weighted by Gasteiger charge is 2.23. The minimum atomic E-state index is -1.24. The van der Waals surface area contributed by atoms with E-state index in [-0.39, 0.29) is 5.41 Å². The lowest BCUT2D eigenvalue weighted by molar-refractivity contribution is 0.586. The minimum Gasteiger partial charge on any atom is -0.166 e. The molecule has 0 aromatic heterocycles. The fourth-order valence-corrected chi connectivity index (χ4v) is 4.11. The molecule has 0 N–H and O–H groups in total. The molecule has 1 rings (SSSR count). The summed E-state index contributed by atoms with van der Waals surface area (Å²) in [6.07, 6.45) is 0. The summed E-state index contributed by atoms with van der Waals surface area (Å²) in [6.45, 7) is 8.26. The van der Waals surface area contributed by atoms with Gasteiger partial charge >= 0.3 is 0 Å². The summed E-state index contributed by atoms with van der Waals surface area (Å²) in [5.74, 6) is 0. The number of halogens is 1. The molecule has 14 heavy (non-hydrogen) atoms. The Balaban J connectivity index is 2.80. The van der Waals surface area contributed by atoms with Gasteiger partial charge < -0.3 is 0 Å². The molecule has 1 atom stereocenters. The van der Waals surface area contributed by atoms with Crippen molar-refractivity contribution in [2.75, 3.05) is 0 Å². The van der Waals surface area contributed by atoms with Crippen LogP contribution < -0.4 is 0 Å². The van der Waals surface area contributed by atoms with Gasteiger partial charge in [0.25, 0.3) is 0 Å². The molecule has 1 aromatic rings. The molecule has 0 amide bonds. The van der Waals surface area contributed by atoms with Gasteiger partial charge in [-0.2, -0.15) is 11.1 Å². The Morgan fingerprint density at radius 2 is 1.93 bits per heavy atom. The molecule has 1 aromatic carbocycles. The van der Waals surface area contributed by atoms with Crippen LogP contribution in [0.2, 0.25) is 6.04 Å². The topological polar surface area (TPSA) is 0 Å². The Bertz CT molecular complexity index is 292. The van der Waals surface area contributed by atoms with Crippen LogP contribution in [-0.2, 0) is 5.41 Å². The lowest BCUT2D eigenvalue weighted by atomic mass is 9.87. The van der Waals surface area contributed by atoms with Crippen molar-refractivity contribution >= 4 is 19.2 Å². The number of hydrogen-bond acceptors (Lipinski definition) is 0. The Kier molecular flexibility index (Phi) is 3.96. The van der Waals surface area contributed by atoms with Crippen molar-refractivity contribution in [2.24, 2.45) is 0 Å². The van der Waals surface area contributed by atoms with Gasteiger partial charge in [-0.25, -0.2) is 0 Å². The lowest BCUT2D eigenvalue weighted by Gasteiger charge is -2.26. The van der Waals surface area contributed by atoms with Crippen LogP contribution in [0.15, 0.2) is 42.6 Å². The molecule has 0 nitrogen and oxygen atoms in total. The summed E-state index contributed by atoms with van der Waals surface area (Å²) < 4.78 is 0. The van der Waals surface area contributed by atoms with Crippen LogP contribution in [-0.4, -0.2) is 8.11 Å². The van der Waals surface area contributed by atoms with Gasteiger partial charge in [-0.3, -0.25) is 0 Å². The quantitative estimate of drug-likeness (QED) is 0.541. The van der Waals surface area contributed by atoms with Gasteiger partial charge in [-0.15, -0.1) is 6.58 Å². The maximum atomic E-state index is 6.22. The Hall–Kier alpha value is -0.533. The molecule has 0 heterocycles. The highest BCUT2D eigenvalue weighted by atomic mass is 35.6.